The van der Waals surface area contributed by atoms with Gasteiger partial charge in [0.2, 0.25) is 0 Å². The van der Waals surface area contributed by atoms with Crippen LogP contribution in [0.25, 0.3) is 0 Å². The lowest BCUT2D eigenvalue weighted by atomic mass is 10.1. The molecule has 0 bridgehead atoms. The molecule has 0 aliphatic carbocycles. The molecule has 32 heavy (non-hydrogen) atoms. The van der Waals surface area contributed by atoms with Crippen molar-refractivity contribution < 1.29 is 14.3 Å². The Morgan fingerprint density at radius 3 is 2.59 bits per heavy atom. The fourth-order valence-electron chi connectivity index (χ4n) is 3.15. The molecule has 0 radical (unpaired) electrons. The van der Waals surface area contributed by atoms with Crippen molar-refractivity contribution in [3.05, 3.63) is 83.7 Å². The second kappa shape index (κ2) is 10.8. The number of thioether (sulfide) groups is 1. The third kappa shape index (κ3) is 5.64. The number of methoxy groups -OCH3 is 1. The van der Waals surface area contributed by atoms with E-state index in [0.717, 1.165) is 5.56 Å². The van der Waals surface area contributed by atoms with Gasteiger partial charge in [-0.1, -0.05) is 35.5 Å². The summed E-state index contributed by atoms with van der Waals surface area (Å²) >= 11 is 1.30. The number of hydrogen-bond donors (Lipinski definition) is 1. The Labute approximate surface area is 191 Å². The molecule has 0 saturated carbocycles. The molecule has 1 aromatic heterocycles. The molecule has 0 fully saturated rings. The molecule has 0 spiro atoms. The molecule has 3 aromatic rings. The van der Waals surface area contributed by atoms with Crippen molar-refractivity contribution in [2.75, 3.05) is 12.9 Å². The maximum atomic E-state index is 12.6. The molecule has 1 heterocycles. The molecule has 1 N–H and O–H groups in total. The highest BCUT2D eigenvalue weighted by Gasteiger charge is 2.20. The summed E-state index contributed by atoms with van der Waals surface area (Å²) in [5.41, 5.74) is 2.21. The number of nitrogens with one attached hydrogen (secondary N) is 1. The molecule has 3 rings (SSSR count). The molecule has 0 saturated heterocycles. The molecule has 0 unspecified atom stereocenters. The van der Waals surface area contributed by atoms with E-state index in [1.807, 2.05) is 36.6 Å². The third-order valence-corrected chi connectivity index (χ3v) is 5.78. The van der Waals surface area contributed by atoms with Crippen LogP contribution in [0.5, 0.6) is 5.75 Å². The van der Waals surface area contributed by atoms with Crippen LogP contribution in [0, 0.1) is 6.92 Å². The summed E-state index contributed by atoms with van der Waals surface area (Å²) in [5, 5.41) is 12.1. The first kappa shape index (κ1) is 23.3. The molecule has 7 nitrogen and oxygen atoms in total. The van der Waals surface area contributed by atoms with Crippen LogP contribution in [0.1, 0.15) is 45.1 Å². The van der Waals surface area contributed by atoms with E-state index in [-0.39, 0.29) is 23.5 Å². The monoisotopic (exact) mass is 450 g/mol. The van der Waals surface area contributed by atoms with Gasteiger partial charge < -0.3 is 14.6 Å². The highest BCUT2D eigenvalue weighted by Crippen LogP contribution is 2.23. The number of carbonyl (C=O) groups is 2. The molecule has 2 aromatic carbocycles. The summed E-state index contributed by atoms with van der Waals surface area (Å²) in [5.74, 6) is 1.31. The number of benzene rings is 2. The maximum Gasteiger partial charge on any atom is 0.251 e. The lowest BCUT2D eigenvalue weighted by molar-refractivity contribution is 0.0936. The number of Topliss-reactive ketones (excluding diaryl/α,β-unsaturated/α-hetero) is 1. The van der Waals surface area contributed by atoms with Crippen LogP contribution in [0.3, 0.4) is 0 Å². The van der Waals surface area contributed by atoms with Crippen LogP contribution in [0.4, 0.5) is 0 Å². The van der Waals surface area contributed by atoms with Gasteiger partial charge in [0.1, 0.15) is 5.75 Å². The SMILES string of the molecule is C=CCn1c(SCC(=O)c2ccc(OC)cc2)nnc1[C@H](C)NC(=O)c1cccc(C)c1. The second-order valence-corrected chi connectivity index (χ2v) is 8.19. The number of carbonyl (C=O) groups excluding carboxylic acids is 2. The average molecular weight is 451 g/mol. The summed E-state index contributed by atoms with van der Waals surface area (Å²) in [6.07, 6.45) is 1.73. The quantitative estimate of drug-likeness (QED) is 0.282. The lowest BCUT2D eigenvalue weighted by Gasteiger charge is -2.15. The van der Waals surface area contributed by atoms with Crippen LogP contribution < -0.4 is 10.1 Å². The minimum absolute atomic E-state index is 0.0202. The van der Waals surface area contributed by atoms with Gasteiger partial charge in [-0.3, -0.25) is 9.59 Å². The van der Waals surface area contributed by atoms with Crippen LogP contribution in [-0.4, -0.2) is 39.3 Å². The first-order valence-corrected chi connectivity index (χ1v) is 11.1. The van der Waals surface area contributed by atoms with Gasteiger partial charge in [-0.15, -0.1) is 16.8 Å². The fourth-order valence-corrected chi connectivity index (χ4v) is 4.00. The van der Waals surface area contributed by atoms with Gasteiger partial charge in [0.25, 0.3) is 5.91 Å². The highest BCUT2D eigenvalue weighted by molar-refractivity contribution is 7.99. The summed E-state index contributed by atoms with van der Waals surface area (Å²) in [7, 11) is 1.58. The van der Waals surface area contributed by atoms with Crippen molar-refractivity contribution in [3.63, 3.8) is 0 Å². The highest BCUT2D eigenvalue weighted by atomic mass is 32.2. The summed E-state index contributed by atoms with van der Waals surface area (Å²) in [6.45, 7) is 8.06. The third-order valence-electron chi connectivity index (χ3n) is 4.82. The van der Waals surface area contributed by atoms with Crippen molar-refractivity contribution in [3.8, 4) is 5.75 Å². The molecule has 0 aliphatic rings. The van der Waals surface area contributed by atoms with Crippen molar-refractivity contribution in [2.24, 2.45) is 0 Å². The molecular formula is C24H26N4O3S. The standard InChI is InChI=1S/C24H26N4O3S/c1-5-13-28-22(17(3)25-23(30)19-8-6-7-16(2)14-19)26-27-24(28)32-15-21(29)18-9-11-20(31-4)12-10-18/h5-12,14,17H,1,13,15H2,2-4H3,(H,25,30)/t17-/m0/s1. The van der Waals surface area contributed by atoms with Crippen LogP contribution in [0.2, 0.25) is 0 Å². The Balaban J connectivity index is 1.70. The number of ether oxygens (including phenoxy) is 1. The second-order valence-electron chi connectivity index (χ2n) is 7.25. The van der Waals surface area contributed by atoms with E-state index in [0.29, 0.717) is 34.4 Å². The van der Waals surface area contributed by atoms with Gasteiger partial charge >= 0.3 is 0 Å². The average Bonchev–Trinajstić information content (AvgIpc) is 3.20. The zero-order chi connectivity index (χ0) is 23.1. The summed E-state index contributed by atoms with van der Waals surface area (Å²) < 4.78 is 6.99. The predicted molar refractivity (Wildman–Crippen MR) is 125 cm³/mol. The van der Waals surface area contributed by atoms with E-state index in [1.165, 1.54) is 11.8 Å². The van der Waals surface area contributed by atoms with Gasteiger partial charge in [0.05, 0.1) is 18.9 Å². The van der Waals surface area contributed by atoms with Gasteiger partial charge in [-0.05, 0) is 50.2 Å². The normalized spacial score (nSPS) is 11.6. The van der Waals surface area contributed by atoms with Crippen molar-refractivity contribution in [1.29, 1.82) is 0 Å². The minimum atomic E-state index is -0.373. The zero-order valence-electron chi connectivity index (χ0n) is 18.4. The summed E-state index contributed by atoms with van der Waals surface area (Å²) in [6, 6.07) is 14.0. The molecule has 1 atom stereocenters. The largest absolute Gasteiger partial charge is 0.497 e. The predicted octanol–water partition coefficient (Wildman–Crippen LogP) is 4.25. The Kier molecular flexibility index (Phi) is 7.83. The van der Waals surface area contributed by atoms with E-state index < -0.39 is 0 Å². The molecule has 166 valence electrons. The number of aryl methyl sites for hydroxylation is 1. The van der Waals surface area contributed by atoms with E-state index in [9.17, 15) is 9.59 Å². The number of hydrogen-bond acceptors (Lipinski definition) is 6. The van der Waals surface area contributed by atoms with E-state index in [4.69, 9.17) is 4.74 Å². The van der Waals surface area contributed by atoms with Crippen molar-refractivity contribution in [2.45, 2.75) is 31.6 Å². The minimum Gasteiger partial charge on any atom is -0.497 e. The van der Waals surface area contributed by atoms with Crippen molar-refractivity contribution in [1.82, 2.24) is 20.1 Å². The fraction of sp³-hybridized carbons (Fsp3) is 0.250. The van der Waals surface area contributed by atoms with E-state index in [2.05, 4.69) is 22.1 Å². The Morgan fingerprint density at radius 1 is 1.19 bits per heavy atom. The number of allylic oxidation sites excluding steroid dienone is 1. The zero-order valence-corrected chi connectivity index (χ0v) is 19.2. The maximum absolute atomic E-state index is 12.6. The van der Waals surface area contributed by atoms with Gasteiger partial charge in [0, 0.05) is 17.7 Å². The first-order chi connectivity index (χ1) is 15.4. The van der Waals surface area contributed by atoms with Gasteiger partial charge in [0.15, 0.2) is 16.8 Å². The first-order valence-electron chi connectivity index (χ1n) is 10.1. The van der Waals surface area contributed by atoms with Crippen LogP contribution in [0.15, 0.2) is 66.3 Å². The molecule has 0 aliphatic heterocycles. The topological polar surface area (TPSA) is 86.1 Å². The van der Waals surface area contributed by atoms with Gasteiger partial charge in [-0.2, -0.15) is 0 Å². The molecule has 1 amide bonds. The van der Waals surface area contributed by atoms with Crippen LogP contribution >= 0.6 is 11.8 Å². The Morgan fingerprint density at radius 2 is 1.94 bits per heavy atom. The van der Waals surface area contributed by atoms with E-state index >= 15 is 0 Å². The number of ketones is 1. The number of amides is 1. The molecule has 8 heteroatoms. The number of aromatic nitrogens is 3. The lowest BCUT2D eigenvalue weighted by Crippen LogP contribution is -2.28. The smallest absolute Gasteiger partial charge is 0.251 e. The van der Waals surface area contributed by atoms with E-state index in [1.54, 1.807) is 43.5 Å². The van der Waals surface area contributed by atoms with Crippen molar-refractivity contribution >= 4 is 23.5 Å². The Bertz CT molecular complexity index is 1110. The van der Waals surface area contributed by atoms with Gasteiger partial charge in [-0.25, -0.2) is 0 Å². The molecular weight excluding hydrogens is 424 g/mol. The summed E-state index contributed by atoms with van der Waals surface area (Å²) in [4.78, 5) is 25.2. The Hall–Kier alpha value is -3.39. The number of nitrogens with zero attached hydrogens (tertiary/aromatic N) is 3. The number of rotatable bonds is 10. The van der Waals surface area contributed by atoms with Crippen LogP contribution in [-0.2, 0) is 6.54 Å².